The van der Waals surface area contributed by atoms with Crippen LogP contribution in [0, 0.1) is 32.6 Å². The van der Waals surface area contributed by atoms with E-state index in [9.17, 15) is 4.79 Å². The van der Waals surface area contributed by atoms with Crippen LogP contribution in [0.2, 0.25) is 0 Å². The number of hydrogen-bond donors (Lipinski definition) is 1. The summed E-state index contributed by atoms with van der Waals surface area (Å²) in [5.74, 6) is 0.740. The number of nitrogens with one attached hydrogen (secondary N) is 1. The molecule has 0 aliphatic heterocycles. The molecular formula is C27H27NO. The van der Waals surface area contributed by atoms with Crippen LogP contribution in [-0.4, -0.2) is 5.91 Å². The summed E-state index contributed by atoms with van der Waals surface area (Å²) in [6.07, 6.45) is 0. The topological polar surface area (TPSA) is 29.1 Å². The lowest BCUT2D eigenvalue weighted by molar-refractivity contribution is -0.122. The third-order valence-electron chi connectivity index (χ3n) is 7.01. The Labute approximate surface area is 173 Å². The molecule has 3 aromatic carbocycles. The fourth-order valence-electron chi connectivity index (χ4n) is 5.93. The summed E-state index contributed by atoms with van der Waals surface area (Å²) < 4.78 is 0. The Bertz CT molecular complexity index is 1060. The molecule has 0 aromatic heterocycles. The minimum absolute atomic E-state index is 0.0649. The molecule has 0 fully saturated rings. The normalized spacial score (nSPS) is 24.0. The van der Waals surface area contributed by atoms with Crippen LogP contribution in [0.1, 0.15) is 57.7 Å². The smallest absolute Gasteiger partial charge is 0.228 e. The van der Waals surface area contributed by atoms with Crippen molar-refractivity contribution in [2.45, 2.75) is 39.5 Å². The molecule has 3 aromatic rings. The minimum atomic E-state index is -0.0649. The van der Waals surface area contributed by atoms with E-state index in [1.54, 1.807) is 0 Å². The van der Waals surface area contributed by atoms with E-state index in [0.29, 0.717) is 0 Å². The molecule has 0 spiro atoms. The Morgan fingerprint density at radius 2 is 1.21 bits per heavy atom. The van der Waals surface area contributed by atoms with E-state index in [4.69, 9.17) is 0 Å². The van der Waals surface area contributed by atoms with Crippen molar-refractivity contribution >= 4 is 11.6 Å². The lowest BCUT2D eigenvalue weighted by Crippen LogP contribution is -2.44. The summed E-state index contributed by atoms with van der Waals surface area (Å²) in [7, 11) is 0. The van der Waals surface area contributed by atoms with Gasteiger partial charge < -0.3 is 5.32 Å². The van der Waals surface area contributed by atoms with Crippen LogP contribution in [0.15, 0.2) is 60.7 Å². The molecule has 1 amide bonds. The first-order chi connectivity index (χ1) is 14.0. The average Bonchev–Trinajstić information content (AvgIpc) is 2.70. The quantitative estimate of drug-likeness (QED) is 0.571. The first-order valence-electron chi connectivity index (χ1n) is 10.5. The van der Waals surface area contributed by atoms with Gasteiger partial charge in [-0.05, 0) is 60.1 Å². The van der Waals surface area contributed by atoms with Gasteiger partial charge in [-0.25, -0.2) is 0 Å². The van der Waals surface area contributed by atoms with Crippen LogP contribution in [0.3, 0.4) is 0 Å². The predicted octanol–water partition coefficient (Wildman–Crippen LogP) is 6.09. The van der Waals surface area contributed by atoms with Gasteiger partial charge in [-0.2, -0.15) is 0 Å². The molecule has 0 saturated carbocycles. The summed E-state index contributed by atoms with van der Waals surface area (Å²) >= 11 is 0. The Morgan fingerprint density at radius 3 is 1.69 bits per heavy atom. The zero-order valence-electron chi connectivity index (χ0n) is 17.5. The second kappa shape index (κ2) is 6.59. The zero-order chi connectivity index (χ0) is 20.3. The van der Waals surface area contributed by atoms with Gasteiger partial charge in [0.05, 0.1) is 5.92 Å². The molecule has 146 valence electrons. The summed E-state index contributed by atoms with van der Waals surface area (Å²) in [5.41, 5.74) is 9.90. The molecular weight excluding hydrogens is 354 g/mol. The molecule has 2 bridgehead atoms. The highest BCUT2D eigenvalue weighted by atomic mass is 16.1. The minimum Gasteiger partial charge on any atom is -0.325 e. The lowest BCUT2D eigenvalue weighted by atomic mass is 9.54. The number of hydrogen-bond acceptors (Lipinski definition) is 1. The summed E-state index contributed by atoms with van der Waals surface area (Å²) in [5, 5.41) is 3.31. The zero-order valence-corrected chi connectivity index (χ0v) is 17.5. The number of benzene rings is 3. The number of rotatable bonds is 2. The van der Waals surface area contributed by atoms with Crippen LogP contribution in [0.4, 0.5) is 5.69 Å². The summed E-state index contributed by atoms with van der Waals surface area (Å²) in [6.45, 7) is 8.51. The van der Waals surface area contributed by atoms with Crippen LogP contribution in [0.25, 0.3) is 0 Å². The third kappa shape index (κ3) is 2.66. The number of carbonyl (C=O) groups excluding carboxylic acids is 1. The second-order valence-electron chi connectivity index (χ2n) is 8.86. The van der Waals surface area contributed by atoms with Crippen molar-refractivity contribution in [2.75, 3.05) is 5.32 Å². The van der Waals surface area contributed by atoms with Crippen LogP contribution >= 0.6 is 0 Å². The molecule has 6 rings (SSSR count). The highest BCUT2D eigenvalue weighted by molar-refractivity contribution is 5.96. The highest BCUT2D eigenvalue weighted by Gasteiger charge is 2.50. The van der Waals surface area contributed by atoms with Gasteiger partial charge in [0.1, 0.15) is 0 Å². The van der Waals surface area contributed by atoms with E-state index in [-0.39, 0.29) is 29.6 Å². The van der Waals surface area contributed by atoms with Gasteiger partial charge in [-0.3, -0.25) is 4.79 Å². The molecule has 2 heteroatoms. The second-order valence-corrected chi connectivity index (χ2v) is 8.86. The van der Waals surface area contributed by atoms with Crippen molar-refractivity contribution in [1.29, 1.82) is 0 Å². The van der Waals surface area contributed by atoms with Crippen LogP contribution in [-0.2, 0) is 4.79 Å². The van der Waals surface area contributed by atoms with E-state index in [1.807, 2.05) is 0 Å². The first-order valence-corrected chi connectivity index (χ1v) is 10.5. The van der Waals surface area contributed by atoms with Gasteiger partial charge >= 0.3 is 0 Å². The molecule has 3 aliphatic carbocycles. The number of fused-ring (bicyclic) bond motifs is 1. The van der Waals surface area contributed by atoms with Gasteiger partial charge in [-0.15, -0.1) is 0 Å². The molecule has 2 unspecified atom stereocenters. The maximum absolute atomic E-state index is 13.7. The molecule has 2 atom stereocenters. The third-order valence-corrected chi connectivity index (χ3v) is 7.01. The van der Waals surface area contributed by atoms with Crippen molar-refractivity contribution in [2.24, 2.45) is 11.8 Å². The Hall–Kier alpha value is -2.87. The molecule has 0 radical (unpaired) electrons. The van der Waals surface area contributed by atoms with Crippen molar-refractivity contribution < 1.29 is 4.79 Å². The largest absolute Gasteiger partial charge is 0.325 e. The molecule has 2 nitrogen and oxygen atoms in total. The summed E-state index contributed by atoms with van der Waals surface area (Å²) in [4.78, 5) is 13.7. The maximum atomic E-state index is 13.7. The van der Waals surface area contributed by atoms with E-state index >= 15 is 0 Å². The van der Waals surface area contributed by atoms with E-state index < -0.39 is 0 Å². The van der Waals surface area contributed by atoms with E-state index in [1.165, 1.54) is 27.8 Å². The van der Waals surface area contributed by atoms with Crippen LogP contribution in [0.5, 0.6) is 0 Å². The fourth-order valence-corrected chi connectivity index (χ4v) is 5.93. The molecule has 29 heavy (non-hydrogen) atoms. The van der Waals surface area contributed by atoms with Crippen molar-refractivity contribution in [3.63, 3.8) is 0 Å². The van der Waals surface area contributed by atoms with Crippen LogP contribution < -0.4 is 5.32 Å². The van der Waals surface area contributed by atoms with E-state index in [2.05, 4.69) is 93.7 Å². The molecule has 1 N–H and O–H groups in total. The highest BCUT2D eigenvalue weighted by Crippen LogP contribution is 2.58. The monoisotopic (exact) mass is 381 g/mol. The molecule has 3 aliphatic rings. The van der Waals surface area contributed by atoms with Gasteiger partial charge in [0.25, 0.3) is 0 Å². The number of carbonyl (C=O) groups is 1. The summed E-state index contributed by atoms with van der Waals surface area (Å²) in [6, 6.07) is 21.7. The van der Waals surface area contributed by atoms with Gasteiger partial charge in [0.2, 0.25) is 5.91 Å². The average molecular weight is 382 g/mol. The number of anilines is 1. The number of aryl methyl sites for hydroxylation is 3. The van der Waals surface area contributed by atoms with Crippen molar-refractivity contribution in [1.82, 2.24) is 0 Å². The first kappa shape index (κ1) is 18.2. The predicted molar refractivity (Wildman–Crippen MR) is 119 cm³/mol. The van der Waals surface area contributed by atoms with Gasteiger partial charge in [0, 0.05) is 17.5 Å². The van der Waals surface area contributed by atoms with Crippen molar-refractivity contribution in [3.8, 4) is 0 Å². The SMILES string of the molecule is Cc1cc(C)c(NC(=O)C2C3c4ccccc4C(c4ccccc43)C2C)c(C)c1. The standard InChI is InChI=1S/C27H27NO/c1-15-13-16(2)26(17(3)14-15)28-27(29)24-18(4)23-19-9-5-7-11-21(19)25(24)22-12-8-6-10-20(22)23/h5-14,18,23-25H,1-4H3,(H,28,29). The van der Waals surface area contributed by atoms with E-state index in [0.717, 1.165) is 16.8 Å². The maximum Gasteiger partial charge on any atom is 0.228 e. The molecule has 0 heterocycles. The number of amides is 1. The molecule has 0 saturated heterocycles. The van der Waals surface area contributed by atoms with Gasteiger partial charge in [-0.1, -0.05) is 73.2 Å². The Balaban J connectivity index is 1.60. The Kier molecular flexibility index (Phi) is 4.13. The Morgan fingerprint density at radius 1 is 0.759 bits per heavy atom. The van der Waals surface area contributed by atoms with Crippen molar-refractivity contribution in [3.05, 3.63) is 99.6 Å². The lowest BCUT2D eigenvalue weighted by Gasteiger charge is -2.49. The fraction of sp³-hybridized carbons (Fsp3) is 0.296. The van der Waals surface area contributed by atoms with Gasteiger partial charge in [0.15, 0.2) is 0 Å².